The van der Waals surface area contributed by atoms with Crippen LogP contribution in [-0.4, -0.2) is 28.7 Å². The number of benzene rings is 1. The molecule has 1 aromatic carbocycles. The van der Waals surface area contributed by atoms with E-state index in [1.54, 1.807) is 25.3 Å². The number of halogens is 2. The van der Waals surface area contributed by atoms with Gasteiger partial charge in [-0.15, -0.1) is 0 Å². The van der Waals surface area contributed by atoms with Gasteiger partial charge in [0.25, 0.3) is 0 Å². The van der Waals surface area contributed by atoms with Gasteiger partial charge in [0.05, 0.1) is 5.75 Å². The monoisotopic (exact) mass is 311 g/mol. The fourth-order valence-electron chi connectivity index (χ4n) is 1.36. The average molecular weight is 312 g/mol. The largest absolute Gasteiger partial charge is 0.385 e. The van der Waals surface area contributed by atoms with Crippen LogP contribution in [0.2, 0.25) is 10.0 Å². The molecular weight excluding hydrogens is 297 g/mol. The molecule has 0 aliphatic heterocycles. The third-order valence-corrected chi connectivity index (χ3v) is 4.26. The van der Waals surface area contributed by atoms with Gasteiger partial charge in [0, 0.05) is 35.9 Å². The van der Waals surface area contributed by atoms with Crippen LogP contribution in [0.3, 0.4) is 0 Å². The quantitative estimate of drug-likeness (QED) is 0.787. The molecule has 1 aromatic rings. The molecule has 0 saturated heterocycles. The Morgan fingerprint density at radius 3 is 2.44 bits per heavy atom. The highest BCUT2D eigenvalue weighted by Gasteiger charge is 2.15. The normalized spacial score (nSPS) is 11.7. The molecule has 0 amide bonds. The van der Waals surface area contributed by atoms with Gasteiger partial charge in [0.2, 0.25) is 10.0 Å². The standard InChI is InChI=1S/C11H15Cl2NO3S/c1-17-7-3-6-14-18(15,16)8-9-10(12)4-2-5-11(9)13/h2,4-5,14H,3,6-8H2,1H3. The number of rotatable bonds is 7. The summed E-state index contributed by atoms with van der Waals surface area (Å²) in [6, 6.07) is 4.90. The molecule has 0 spiro atoms. The second-order valence-electron chi connectivity index (χ2n) is 3.70. The number of sulfonamides is 1. The lowest BCUT2D eigenvalue weighted by atomic mass is 10.2. The summed E-state index contributed by atoms with van der Waals surface area (Å²) < 4.78 is 30.9. The van der Waals surface area contributed by atoms with E-state index in [1.807, 2.05) is 0 Å². The van der Waals surface area contributed by atoms with Crippen LogP contribution < -0.4 is 4.72 Å². The first kappa shape index (κ1) is 15.7. The van der Waals surface area contributed by atoms with Crippen molar-refractivity contribution in [2.24, 2.45) is 0 Å². The highest BCUT2D eigenvalue weighted by Crippen LogP contribution is 2.25. The van der Waals surface area contributed by atoms with Crippen LogP contribution in [0.5, 0.6) is 0 Å². The van der Waals surface area contributed by atoms with Gasteiger partial charge in [-0.05, 0) is 18.6 Å². The summed E-state index contributed by atoms with van der Waals surface area (Å²) in [6.07, 6.45) is 0.617. The van der Waals surface area contributed by atoms with Gasteiger partial charge in [0.15, 0.2) is 0 Å². The first-order valence-corrected chi connectivity index (χ1v) is 7.76. The zero-order chi connectivity index (χ0) is 13.6. The van der Waals surface area contributed by atoms with E-state index in [0.717, 1.165) is 0 Å². The Bertz CT molecular complexity index is 471. The number of hydrogen-bond donors (Lipinski definition) is 1. The molecule has 0 unspecified atom stereocenters. The molecule has 0 aromatic heterocycles. The van der Waals surface area contributed by atoms with Gasteiger partial charge < -0.3 is 4.74 Å². The van der Waals surface area contributed by atoms with Crippen LogP contribution in [0.25, 0.3) is 0 Å². The molecule has 0 aliphatic carbocycles. The molecule has 102 valence electrons. The highest BCUT2D eigenvalue weighted by atomic mass is 35.5. The van der Waals surface area contributed by atoms with Crippen molar-refractivity contribution in [1.29, 1.82) is 0 Å². The molecule has 4 nitrogen and oxygen atoms in total. The third kappa shape index (κ3) is 5.12. The van der Waals surface area contributed by atoms with E-state index in [-0.39, 0.29) is 5.75 Å². The molecule has 0 fully saturated rings. The van der Waals surface area contributed by atoms with Crippen LogP contribution in [0.15, 0.2) is 18.2 Å². The van der Waals surface area contributed by atoms with Crippen molar-refractivity contribution in [3.63, 3.8) is 0 Å². The van der Waals surface area contributed by atoms with Gasteiger partial charge >= 0.3 is 0 Å². The zero-order valence-electron chi connectivity index (χ0n) is 9.95. The van der Waals surface area contributed by atoms with Gasteiger partial charge in [-0.2, -0.15) is 0 Å². The first-order valence-electron chi connectivity index (χ1n) is 5.35. The van der Waals surface area contributed by atoms with Crippen molar-refractivity contribution in [2.45, 2.75) is 12.2 Å². The predicted molar refractivity (Wildman–Crippen MR) is 73.6 cm³/mol. The molecule has 0 radical (unpaired) electrons. The summed E-state index contributed by atoms with van der Waals surface area (Å²) in [4.78, 5) is 0. The molecular formula is C11H15Cl2NO3S. The maximum absolute atomic E-state index is 11.8. The molecule has 0 bridgehead atoms. The summed E-state index contributed by atoms with van der Waals surface area (Å²) in [6.45, 7) is 0.841. The van der Waals surface area contributed by atoms with E-state index in [0.29, 0.717) is 35.2 Å². The Kier molecular flexibility index (Phi) is 6.38. The summed E-state index contributed by atoms with van der Waals surface area (Å²) in [5, 5.41) is 0.703. The molecule has 0 saturated carbocycles. The fourth-order valence-corrected chi connectivity index (χ4v) is 3.29. The van der Waals surface area contributed by atoms with Crippen molar-refractivity contribution in [3.8, 4) is 0 Å². The van der Waals surface area contributed by atoms with Crippen LogP contribution >= 0.6 is 23.2 Å². The lowest BCUT2D eigenvalue weighted by molar-refractivity contribution is 0.196. The Morgan fingerprint density at radius 2 is 1.89 bits per heavy atom. The van der Waals surface area contributed by atoms with Crippen molar-refractivity contribution < 1.29 is 13.2 Å². The first-order chi connectivity index (χ1) is 8.46. The topological polar surface area (TPSA) is 55.4 Å². The number of methoxy groups -OCH3 is 1. The summed E-state index contributed by atoms with van der Waals surface area (Å²) >= 11 is 11.8. The van der Waals surface area contributed by atoms with Crippen LogP contribution in [-0.2, 0) is 20.5 Å². The Balaban J connectivity index is 2.65. The van der Waals surface area contributed by atoms with E-state index in [4.69, 9.17) is 27.9 Å². The van der Waals surface area contributed by atoms with E-state index < -0.39 is 10.0 Å². The minimum absolute atomic E-state index is 0.224. The number of ether oxygens (including phenoxy) is 1. The average Bonchev–Trinajstić information content (AvgIpc) is 2.30. The lowest BCUT2D eigenvalue weighted by Crippen LogP contribution is -2.27. The molecule has 7 heteroatoms. The van der Waals surface area contributed by atoms with Gasteiger partial charge in [-0.3, -0.25) is 0 Å². The zero-order valence-corrected chi connectivity index (χ0v) is 12.3. The minimum Gasteiger partial charge on any atom is -0.385 e. The van der Waals surface area contributed by atoms with E-state index in [1.165, 1.54) is 0 Å². The molecule has 1 N–H and O–H groups in total. The molecule has 1 rings (SSSR count). The lowest BCUT2D eigenvalue weighted by Gasteiger charge is -2.09. The molecule has 0 aliphatic rings. The predicted octanol–water partition coefficient (Wildman–Crippen LogP) is 2.45. The Hall–Kier alpha value is -0.330. The molecule has 18 heavy (non-hydrogen) atoms. The van der Waals surface area contributed by atoms with Crippen molar-refractivity contribution in [1.82, 2.24) is 4.72 Å². The van der Waals surface area contributed by atoms with Gasteiger partial charge in [0.1, 0.15) is 0 Å². The number of nitrogens with one attached hydrogen (secondary N) is 1. The number of hydrogen-bond acceptors (Lipinski definition) is 3. The Labute approximate surface area is 117 Å². The molecule has 0 heterocycles. The van der Waals surface area contributed by atoms with Gasteiger partial charge in [-0.25, -0.2) is 13.1 Å². The summed E-state index contributed by atoms with van der Waals surface area (Å²) in [5.41, 5.74) is 0.417. The van der Waals surface area contributed by atoms with Crippen molar-refractivity contribution in [2.75, 3.05) is 20.3 Å². The summed E-state index contributed by atoms with van der Waals surface area (Å²) in [5.74, 6) is -0.224. The second-order valence-corrected chi connectivity index (χ2v) is 6.32. The van der Waals surface area contributed by atoms with Crippen molar-refractivity contribution >= 4 is 33.2 Å². The van der Waals surface area contributed by atoms with E-state index in [9.17, 15) is 8.42 Å². The van der Waals surface area contributed by atoms with Crippen LogP contribution in [0, 0.1) is 0 Å². The Morgan fingerprint density at radius 1 is 1.28 bits per heavy atom. The van der Waals surface area contributed by atoms with E-state index >= 15 is 0 Å². The minimum atomic E-state index is -3.43. The smallest absolute Gasteiger partial charge is 0.215 e. The van der Waals surface area contributed by atoms with E-state index in [2.05, 4.69) is 4.72 Å². The maximum Gasteiger partial charge on any atom is 0.215 e. The van der Waals surface area contributed by atoms with Crippen molar-refractivity contribution in [3.05, 3.63) is 33.8 Å². The van der Waals surface area contributed by atoms with Gasteiger partial charge in [-0.1, -0.05) is 29.3 Å². The molecule has 0 atom stereocenters. The highest BCUT2D eigenvalue weighted by molar-refractivity contribution is 7.88. The summed E-state index contributed by atoms with van der Waals surface area (Å²) in [7, 11) is -1.87. The fraction of sp³-hybridized carbons (Fsp3) is 0.455. The second kappa shape index (κ2) is 7.31. The maximum atomic E-state index is 11.8. The SMILES string of the molecule is COCCCNS(=O)(=O)Cc1c(Cl)cccc1Cl. The van der Waals surface area contributed by atoms with Crippen LogP contribution in [0.4, 0.5) is 0 Å². The third-order valence-electron chi connectivity index (χ3n) is 2.24. The van der Waals surface area contributed by atoms with Crippen LogP contribution in [0.1, 0.15) is 12.0 Å².